The fourth-order valence-corrected chi connectivity index (χ4v) is 5.66. The number of ether oxygens (including phenoxy) is 1. The number of aromatic nitrogens is 1. The number of hydrogen-bond acceptors (Lipinski definition) is 6. The minimum atomic E-state index is -4.90. The molecule has 1 aliphatic heterocycles. The zero-order valence-electron chi connectivity index (χ0n) is 23.7. The van der Waals surface area contributed by atoms with Crippen LogP contribution in [0.5, 0.6) is 0 Å². The Kier molecular flexibility index (Phi) is 10.4. The van der Waals surface area contributed by atoms with Crippen molar-refractivity contribution in [1.82, 2.24) is 9.88 Å². The van der Waals surface area contributed by atoms with E-state index < -0.39 is 40.4 Å². The third-order valence-corrected chi connectivity index (χ3v) is 8.49. The van der Waals surface area contributed by atoms with Crippen molar-refractivity contribution in [1.29, 1.82) is 0 Å². The van der Waals surface area contributed by atoms with Gasteiger partial charge in [-0.3, -0.25) is 14.8 Å². The van der Waals surface area contributed by atoms with Crippen LogP contribution in [0.2, 0.25) is 5.02 Å². The fourth-order valence-electron chi connectivity index (χ4n) is 5.36. The summed E-state index contributed by atoms with van der Waals surface area (Å²) >= 11 is 6.36. The third kappa shape index (κ3) is 8.06. The minimum Gasteiger partial charge on any atom is -0.404 e. The number of aryl methyl sites for hydroxylation is 1. The normalized spacial score (nSPS) is 28.3. The van der Waals surface area contributed by atoms with Gasteiger partial charge in [0.25, 0.3) is 5.91 Å². The minimum absolute atomic E-state index is 0.0872. The summed E-state index contributed by atoms with van der Waals surface area (Å²) in [5.74, 6) is -0.506. The van der Waals surface area contributed by atoms with Gasteiger partial charge in [-0.15, -0.1) is 0 Å². The molecule has 7 nitrogen and oxygen atoms in total. The number of pyridine rings is 1. The summed E-state index contributed by atoms with van der Waals surface area (Å²) in [6, 6.07) is -0.667. The molecule has 11 heteroatoms. The highest BCUT2D eigenvalue weighted by atomic mass is 35.5. The molecule has 1 aliphatic carbocycles. The zero-order valence-corrected chi connectivity index (χ0v) is 24.4. The van der Waals surface area contributed by atoms with Crippen molar-refractivity contribution in [2.75, 3.05) is 19.7 Å². The number of hydrogen-bond donors (Lipinski definition) is 1. The molecule has 2 aliphatic rings. The van der Waals surface area contributed by atoms with Crippen LogP contribution in [0.15, 0.2) is 29.2 Å². The zero-order chi connectivity index (χ0) is 29.7. The molecule has 2 heterocycles. The van der Waals surface area contributed by atoms with Crippen LogP contribution < -0.4 is 5.73 Å². The lowest BCUT2D eigenvalue weighted by molar-refractivity contribution is -0.137. The molecule has 2 N–H and O–H groups in total. The first-order chi connectivity index (χ1) is 18.7. The number of carbonyl (C=O) groups excluding carboxylic acids is 2. The van der Waals surface area contributed by atoms with Crippen LogP contribution in [0.4, 0.5) is 13.2 Å². The lowest BCUT2D eigenvalue weighted by atomic mass is 9.75. The maximum Gasteiger partial charge on any atom is 0.433 e. The Balaban J connectivity index is 1.92. The average Bonchev–Trinajstić information content (AvgIpc) is 2.90. The number of halogens is 4. The van der Waals surface area contributed by atoms with Crippen LogP contribution in [-0.4, -0.2) is 65.3 Å². The molecule has 2 atom stereocenters. The van der Waals surface area contributed by atoms with Crippen LogP contribution >= 0.6 is 11.6 Å². The Morgan fingerprint density at radius 2 is 1.93 bits per heavy atom. The van der Waals surface area contributed by atoms with Gasteiger partial charge in [-0.05, 0) is 75.8 Å². The van der Waals surface area contributed by atoms with E-state index in [9.17, 15) is 22.8 Å². The number of nitrogens with two attached hydrogens (primary N) is 1. The first-order valence-corrected chi connectivity index (χ1v) is 14.1. The van der Waals surface area contributed by atoms with Gasteiger partial charge in [-0.25, -0.2) is 0 Å². The van der Waals surface area contributed by atoms with E-state index in [1.165, 1.54) is 11.1 Å². The van der Waals surface area contributed by atoms with Gasteiger partial charge < -0.3 is 20.2 Å². The molecule has 1 amide bonds. The summed E-state index contributed by atoms with van der Waals surface area (Å²) in [4.78, 5) is 34.7. The maximum atomic E-state index is 14.4. The fraction of sp³-hybridized carbons (Fsp3) is 0.655. The van der Waals surface area contributed by atoms with E-state index in [0.29, 0.717) is 62.3 Å². The van der Waals surface area contributed by atoms with Gasteiger partial charge in [-0.1, -0.05) is 25.4 Å². The summed E-state index contributed by atoms with van der Waals surface area (Å²) < 4.78 is 49.2. The molecule has 1 saturated carbocycles. The van der Waals surface area contributed by atoms with E-state index in [-0.39, 0.29) is 13.1 Å². The lowest BCUT2D eigenvalue weighted by Crippen LogP contribution is -2.50. The van der Waals surface area contributed by atoms with Crippen LogP contribution in [-0.2, 0) is 20.7 Å². The van der Waals surface area contributed by atoms with E-state index in [1.807, 2.05) is 13.8 Å². The summed E-state index contributed by atoms with van der Waals surface area (Å²) in [6.07, 6.45) is 3.15. The molecule has 2 unspecified atom stereocenters. The molecule has 1 saturated heterocycles. The SMILES string of the molecule is Cc1cncc(Cl)c1CCN(CC1(C)CCC(C)CO1)C(=O)C(=CN)C(=NC1CCC(C)(C=O)CC1)C(F)(F)F. The van der Waals surface area contributed by atoms with Crippen molar-refractivity contribution in [3.63, 3.8) is 0 Å². The third-order valence-electron chi connectivity index (χ3n) is 8.16. The number of carbonyl (C=O) groups is 2. The Morgan fingerprint density at radius 1 is 1.25 bits per heavy atom. The smallest absolute Gasteiger partial charge is 0.404 e. The molecule has 2 fully saturated rings. The first kappa shape index (κ1) is 32.1. The molecular weight excluding hydrogens is 545 g/mol. The lowest BCUT2D eigenvalue weighted by Gasteiger charge is -2.40. The molecule has 40 heavy (non-hydrogen) atoms. The highest BCUT2D eigenvalue weighted by molar-refractivity contribution is 6.31. The Morgan fingerprint density at radius 3 is 2.45 bits per heavy atom. The van der Waals surface area contributed by atoms with E-state index in [2.05, 4.69) is 16.9 Å². The number of aliphatic imine (C=N–C) groups is 1. The molecule has 0 aromatic carbocycles. The monoisotopic (exact) mass is 584 g/mol. The van der Waals surface area contributed by atoms with Gasteiger partial charge in [-0.2, -0.15) is 13.2 Å². The van der Waals surface area contributed by atoms with Gasteiger partial charge in [0.2, 0.25) is 0 Å². The predicted molar refractivity (Wildman–Crippen MR) is 149 cm³/mol. The van der Waals surface area contributed by atoms with Gasteiger partial charge in [0, 0.05) is 43.7 Å². The Hall–Kier alpha value is -2.46. The standard InChI is InChI=1S/C29H40ClF3N4O3/c1-19-5-11-28(4,40-16-19)17-37(12-8-22-20(2)14-35-15-24(22)30)26(39)23(13-34)25(29(31,32)33)36-21-6-9-27(3,18-38)10-7-21/h13-15,18-19,21H,5-12,16-17,34H2,1-4H3. The summed E-state index contributed by atoms with van der Waals surface area (Å²) in [6.45, 7) is 8.27. The van der Waals surface area contributed by atoms with Crippen molar-refractivity contribution < 1.29 is 27.5 Å². The van der Waals surface area contributed by atoms with Crippen LogP contribution in [0.1, 0.15) is 70.4 Å². The summed E-state index contributed by atoms with van der Waals surface area (Å²) in [5, 5.41) is 0.424. The van der Waals surface area contributed by atoms with Gasteiger partial charge in [0.1, 0.15) is 6.29 Å². The van der Waals surface area contributed by atoms with Crippen LogP contribution in [0, 0.1) is 18.3 Å². The maximum absolute atomic E-state index is 14.4. The molecular formula is C29H40ClF3N4O3. The van der Waals surface area contributed by atoms with Gasteiger partial charge >= 0.3 is 6.18 Å². The highest BCUT2D eigenvalue weighted by Crippen LogP contribution is 2.37. The molecule has 0 spiro atoms. The number of rotatable bonds is 9. The molecule has 1 aromatic heterocycles. The van der Waals surface area contributed by atoms with Crippen LogP contribution in [0.25, 0.3) is 0 Å². The topological polar surface area (TPSA) is 97.9 Å². The molecule has 222 valence electrons. The highest BCUT2D eigenvalue weighted by Gasteiger charge is 2.44. The molecule has 0 radical (unpaired) electrons. The first-order valence-electron chi connectivity index (χ1n) is 13.8. The van der Waals surface area contributed by atoms with Crippen LogP contribution in [0.3, 0.4) is 0 Å². The van der Waals surface area contributed by atoms with E-state index in [1.54, 1.807) is 13.1 Å². The average molecular weight is 585 g/mol. The van der Waals surface area contributed by atoms with E-state index in [4.69, 9.17) is 22.1 Å². The van der Waals surface area contributed by atoms with E-state index in [0.717, 1.165) is 23.8 Å². The van der Waals surface area contributed by atoms with E-state index >= 15 is 0 Å². The largest absolute Gasteiger partial charge is 0.433 e. The second-order valence-electron chi connectivity index (χ2n) is 11.9. The number of aldehydes is 1. The van der Waals surface area contributed by atoms with Crippen molar-refractivity contribution in [3.05, 3.63) is 40.3 Å². The van der Waals surface area contributed by atoms with Gasteiger partial charge in [0.05, 0.1) is 22.2 Å². The molecule has 0 bridgehead atoms. The Bertz CT molecular complexity index is 1100. The number of amides is 1. The van der Waals surface area contributed by atoms with Crippen molar-refractivity contribution in [3.8, 4) is 0 Å². The number of nitrogens with zero attached hydrogens (tertiary/aromatic N) is 3. The second kappa shape index (κ2) is 13.0. The quantitative estimate of drug-likeness (QED) is 0.231. The van der Waals surface area contributed by atoms with Crippen molar-refractivity contribution in [2.24, 2.45) is 22.1 Å². The molecule has 1 aromatic rings. The second-order valence-corrected chi connectivity index (χ2v) is 12.3. The summed E-state index contributed by atoms with van der Waals surface area (Å²) in [5.41, 5.74) is 4.04. The Labute approximate surface area is 239 Å². The molecule has 3 rings (SSSR count). The van der Waals surface area contributed by atoms with Gasteiger partial charge in [0.15, 0.2) is 5.71 Å². The predicted octanol–water partition coefficient (Wildman–Crippen LogP) is 5.61. The van der Waals surface area contributed by atoms with Crippen molar-refractivity contribution in [2.45, 2.75) is 90.5 Å². The summed E-state index contributed by atoms with van der Waals surface area (Å²) in [7, 11) is 0. The van der Waals surface area contributed by atoms with Crippen molar-refractivity contribution >= 4 is 29.5 Å². The number of alkyl halides is 3.